The first-order valence-electron chi connectivity index (χ1n) is 11.7. The van der Waals surface area contributed by atoms with Crippen molar-refractivity contribution >= 4 is 11.9 Å². The van der Waals surface area contributed by atoms with E-state index in [1.54, 1.807) is 0 Å². The van der Waals surface area contributed by atoms with Crippen LogP contribution in [0, 0.1) is 5.92 Å². The third kappa shape index (κ3) is 4.63. The molecule has 1 aromatic rings. The minimum absolute atomic E-state index is 0.104. The molecule has 30 heavy (non-hydrogen) atoms. The summed E-state index contributed by atoms with van der Waals surface area (Å²) in [6.45, 7) is 7.54. The van der Waals surface area contributed by atoms with Gasteiger partial charge in [0.25, 0.3) is 0 Å². The van der Waals surface area contributed by atoms with Crippen molar-refractivity contribution in [2.45, 2.75) is 96.6 Å². The van der Waals surface area contributed by atoms with E-state index >= 15 is 0 Å². The summed E-state index contributed by atoms with van der Waals surface area (Å²) in [5, 5.41) is 17.9. The van der Waals surface area contributed by atoms with Crippen molar-refractivity contribution < 1.29 is 9.53 Å². The summed E-state index contributed by atoms with van der Waals surface area (Å²) in [6.07, 6.45) is 8.66. The van der Waals surface area contributed by atoms with Gasteiger partial charge in [-0.3, -0.25) is 19.7 Å². The molecule has 9 nitrogen and oxygen atoms in total. The van der Waals surface area contributed by atoms with E-state index in [1.165, 1.54) is 25.7 Å². The minimum atomic E-state index is 0.104. The quantitative estimate of drug-likeness (QED) is 0.526. The van der Waals surface area contributed by atoms with Gasteiger partial charge in [0, 0.05) is 38.0 Å². The van der Waals surface area contributed by atoms with Gasteiger partial charge < -0.3 is 10.1 Å². The Hall–Kier alpha value is -1.71. The van der Waals surface area contributed by atoms with Gasteiger partial charge in [-0.15, -0.1) is 10.2 Å². The van der Waals surface area contributed by atoms with Gasteiger partial charge in [-0.05, 0) is 46.5 Å². The summed E-state index contributed by atoms with van der Waals surface area (Å²) >= 11 is 0. The van der Waals surface area contributed by atoms with Crippen LogP contribution in [-0.2, 0) is 16.0 Å². The topological polar surface area (TPSA) is 96.3 Å². The van der Waals surface area contributed by atoms with E-state index in [-0.39, 0.29) is 18.2 Å². The molecule has 4 atom stereocenters. The molecule has 1 aromatic heterocycles. The van der Waals surface area contributed by atoms with E-state index in [1.807, 2.05) is 13.8 Å². The van der Waals surface area contributed by atoms with Crippen molar-refractivity contribution in [3.05, 3.63) is 5.82 Å². The third-order valence-corrected chi connectivity index (χ3v) is 6.41. The highest BCUT2D eigenvalue weighted by molar-refractivity contribution is 5.75. The average Bonchev–Trinajstić information content (AvgIpc) is 3.31. The molecular weight excluding hydrogens is 382 g/mol. The number of anilines is 1. The molecule has 1 saturated heterocycles. The van der Waals surface area contributed by atoms with Gasteiger partial charge in [0.1, 0.15) is 12.0 Å². The monoisotopic (exact) mass is 419 g/mol. The fourth-order valence-corrected chi connectivity index (χ4v) is 5.09. The first-order chi connectivity index (χ1) is 14.5. The van der Waals surface area contributed by atoms with Crippen LogP contribution in [0.2, 0.25) is 0 Å². The lowest BCUT2D eigenvalue weighted by atomic mass is 9.81. The van der Waals surface area contributed by atoms with Crippen molar-refractivity contribution in [1.82, 2.24) is 30.8 Å². The second kappa shape index (κ2) is 9.62. The number of aryl methyl sites for hydroxylation is 1. The van der Waals surface area contributed by atoms with Crippen molar-refractivity contribution in [3.63, 3.8) is 0 Å². The number of carbonyl (C=O) groups excluding carboxylic acids is 1. The zero-order valence-corrected chi connectivity index (χ0v) is 18.6. The molecular formula is C21H37N7O2. The number of ether oxygens (including phenoxy) is 1. The van der Waals surface area contributed by atoms with Gasteiger partial charge >= 0.3 is 0 Å². The summed E-state index contributed by atoms with van der Waals surface area (Å²) in [6, 6.07) is 0.453. The van der Waals surface area contributed by atoms with Crippen molar-refractivity contribution in [2.24, 2.45) is 5.92 Å². The number of hydrogen-bond acceptors (Lipinski definition) is 7. The number of rotatable bonds is 9. The average molecular weight is 420 g/mol. The van der Waals surface area contributed by atoms with E-state index in [0.717, 1.165) is 31.0 Å². The molecule has 0 radical (unpaired) electrons. The van der Waals surface area contributed by atoms with E-state index in [0.29, 0.717) is 37.7 Å². The Kier molecular flexibility index (Phi) is 6.90. The number of carbonyl (C=O) groups is 1. The molecule has 168 valence electrons. The predicted octanol–water partition coefficient (Wildman–Crippen LogP) is 1.86. The van der Waals surface area contributed by atoms with E-state index in [4.69, 9.17) is 4.74 Å². The Morgan fingerprint density at radius 2 is 2.10 bits per heavy atom. The zero-order valence-electron chi connectivity index (χ0n) is 18.6. The summed E-state index contributed by atoms with van der Waals surface area (Å²) < 4.78 is 7.86. The lowest BCUT2D eigenvalue weighted by Crippen LogP contribution is -2.53. The molecule has 2 fully saturated rings. The van der Waals surface area contributed by atoms with E-state index in [2.05, 4.69) is 42.8 Å². The number of hydrogen-bond donors (Lipinski definition) is 3. The van der Waals surface area contributed by atoms with Crippen LogP contribution in [0.25, 0.3) is 0 Å². The van der Waals surface area contributed by atoms with Gasteiger partial charge in [0.05, 0.1) is 12.3 Å². The molecule has 1 aliphatic carbocycles. The normalized spacial score (nSPS) is 27.7. The largest absolute Gasteiger partial charge is 0.379 e. The van der Waals surface area contributed by atoms with Crippen molar-refractivity contribution in [1.29, 1.82) is 0 Å². The number of nitrogens with one attached hydrogen (secondary N) is 3. The fourth-order valence-electron chi connectivity index (χ4n) is 5.09. The Morgan fingerprint density at radius 1 is 1.27 bits per heavy atom. The van der Waals surface area contributed by atoms with Crippen molar-refractivity contribution in [2.75, 3.05) is 18.2 Å². The molecule has 0 bridgehead atoms. The van der Waals surface area contributed by atoms with Gasteiger partial charge in [-0.1, -0.05) is 12.8 Å². The molecule has 1 saturated carbocycles. The standard InChI is InChI=1S/C21H37N7O2/c1-14(2)30-13-7-12-22-19(29)11-6-10-18-24-25-21-27(18)17-9-5-4-8-16(17)20-23-15(3)26-28(20)21/h14-17,20,23,26H,4-13H2,1-3H3,(H,22,29). The lowest BCUT2D eigenvalue weighted by molar-refractivity contribution is -0.121. The summed E-state index contributed by atoms with van der Waals surface area (Å²) in [5.74, 6) is 2.60. The molecule has 4 rings (SSSR count). The number of nitrogens with zero attached hydrogens (tertiary/aromatic N) is 4. The Morgan fingerprint density at radius 3 is 2.93 bits per heavy atom. The Balaban J connectivity index is 1.31. The third-order valence-electron chi connectivity index (χ3n) is 6.41. The molecule has 0 spiro atoms. The molecule has 3 N–H and O–H groups in total. The van der Waals surface area contributed by atoms with Crippen LogP contribution in [0.3, 0.4) is 0 Å². The van der Waals surface area contributed by atoms with Crippen LogP contribution >= 0.6 is 0 Å². The summed E-state index contributed by atoms with van der Waals surface area (Å²) in [5.41, 5.74) is 3.50. The first-order valence-corrected chi connectivity index (χ1v) is 11.7. The van der Waals surface area contributed by atoms with Gasteiger partial charge in [0.15, 0.2) is 0 Å². The number of fused-ring (bicyclic) bond motifs is 6. The van der Waals surface area contributed by atoms with Crippen LogP contribution in [0.1, 0.15) is 77.6 Å². The van der Waals surface area contributed by atoms with Crippen LogP contribution in [-0.4, -0.2) is 52.3 Å². The maximum Gasteiger partial charge on any atom is 0.243 e. The highest BCUT2D eigenvalue weighted by Gasteiger charge is 2.47. The molecule has 0 aromatic carbocycles. The lowest BCUT2D eigenvalue weighted by Gasteiger charge is -2.44. The molecule has 3 aliphatic rings. The second-order valence-corrected chi connectivity index (χ2v) is 9.11. The smallest absolute Gasteiger partial charge is 0.243 e. The summed E-state index contributed by atoms with van der Waals surface area (Å²) in [4.78, 5) is 12.1. The molecule has 3 heterocycles. The van der Waals surface area contributed by atoms with Crippen molar-refractivity contribution in [3.8, 4) is 0 Å². The SMILES string of the molecule is CC1NC2C3CCCCC3n3c(CCCC(=O)NCCCOC(C)C)nnc3N2N1. The highest BCUT2D eigenvalue weighted by Crippen LogP contribution is 2.44. The minimum Gasteiger partial charge on any atom is -0.379 e. The predicted molar refractivity (Wildman–Crippen MR) is 115 cm³/mol. The van der Waals surface area contributed by atoms with Crippen LogP contribution < -0.4 is 21.1 Å². The fraction of sp³-hybridized carbons (Fsp3) is 0.857. The molecule has 4 unspecified atom stereocenters. The number of aromatic nitrogens is 3. The van der Waals surface area contributed by atoms with E-state index < -0.39 is 0 Å². The van der Waals surface area contributed by atoms with Gasteiger partial charge in [0.2, 0.25) is 11.9 Å². The highest BCUT2D eigenvalue weighted by atomic mass is 16.5. The summed E-state index contributed by atoms with van der Waals surface area (Å²) in [7, 11) is 0. The maximum atomic E-state index is 12.1. The second-order valence-electron chi connectivity index (χ2n) is 9.11. The maximum absolute atomic E-state index is 12.1. The Labute approximate surface area is 179 Å². The van der Waals surface area contributed by atoms with E-state index in [9.17, 15) is 4.79 Å². The molecule has 2 aliphatic heterocycles. The van der Waals surface area contributed by atoms with Gasteiger partial charge in [-0.25, -0.2) is 5.43 Å². The van der Waals surface area contributed by atoms with Gasteiger partial charge in [-0.2, -0.15) is 0 Å². The number of hydrazine groups is 1. The van der Waals surface area contributed by atoms with Crippen LogP contribution in [0.15, 0.2) is 0 Å². The number of amides is 1. The molecule has 9 heteroatoms. The zero-order chi connectivity index (χ0) is 21.1. The Bertz CT molecular complexity index is 722. The van der Waals surface area contributed by atoms with Crippen LogP contribution in [0.5, 0.6) is 0 Å². The first kappa shape index (κ1) is 21.5. The van der Waals surface area contributed by atoms with Crippen LogP contribution in [0.4, 0.5) is 5.95 Å². The molecule has 1 amide bonds.